The zero-order chi connectivity index (χ0) is 21.1. The van der Waals surface area contributed by atoms with Crippen LogP contribution in [0.3, 0.4) is 0 Å². The predicted molar refractivity (Wildman–Crippen MR) is 111 cm³/mol. The molecule has 1 aromatic heterocycles. The van der Waals surface area contributed by atoms with Crippen molar-refractivity contribution >= 4 is 5.97 Å². The molecule has 0 amide bonds. The van der Waals surface area contributed by atoms with Crippen LogP contribution in [-0.4, -0.2) is 45.3 Å². The highest BCUT2D eigenvalue weighted by Crippen LogP contribution is 2.24. The molecule has 2 heterocycles. The summed E-state index contributed by atoms with van der Waals surface area (Å²) in [6, 6.07) is 15.9. The molecule has 0 unspecified atom stereocenters. The Kier molecular flexibility index (Phi) is 5.92. The van der Waals surface area contributed by atoms with Crippen molar-refractivity contribution in [1.82, 2.24) is 15.0 Å². The van der Waals surface area contributed by atoms with Gasteiger partial charge in [0.2, 0.25) is 5.82 Å². The molecule has 7 heteroatoms. The number of hydrogen-bond donors (Lipinski definition) is 1. The average Bonchev–Trinajstić information content (AvgIpc) is 3.19. The maximum Gasteiger partial charge on any atom is 0.309 e. The molecule has 4 rings (SSSR count). The summed E-state index contributed by atoms with van der Waals surface area (Å²) in [5, 5.41) is 13.1. The Morgan fingerprint density at radius 3 is 2.37 bits per heavy atom. The zero-order valence-corrected chi connectivity index (χ0v) is 17.1. The molecule has 0 spiro atoms. The number of aromatic nitrogens is 2. The van der Waals surface area contributed by atoms with Crippen LogP contribution in [0.1, 0.15) is 25.0 Å². The smallest absolute Gasteiger partial charge is 0.309 e. The topological polar surface area (TPSA) is 88.7 Å². The summed E-state index contributed by atoms with van der Waals surface area (Å²) < 4.78 is 11.1. The summed E-state index contributed by atoms with van der Waals surface area (Å²) >= 11 is 0. The molecule has 1 N–H and O–H groups in total. The van der Waals surface area contributed by atoms with Gasteiger partial charge in [-0.25, -0.2) is 0 Å². The molecule has 156 valence electrons. The number of benzene rings is 2. The van der Waals surface area contributed by atoms with Crippen LogP contribution in [0.15, 0.2) is 53.1 Å². The van der Waals surface area contributed by atoms with Crippen molar-refractivity contribution in [3.05, 3.63) is 59.7 Å². The van der Waals surface area contributed by atoms with Crippen molar-refractivity contribution in [2.24, 2.45) is 5.92 Å². The van der Waals surface area contributed by atoms with E-state index in [1.165, 1.54) is 0 Å². The van der Waals surface area contributed by atoms with E-state index < -0.39 is 5.97 Å². The Morgan fingerprint density at radius 1 is 1.10 bits per heavy atom. The molecule has 0 aliphatic carbocycles. The van der Waals surface area contributed by atoms with Crippen LogP contribution in [0.4, 0.5) is 0 Å². The monoisotopic (exact) mass is 407 g/mol. The van der Waals surface area contributed by atoms with Crippen LogP contribution in [0.5, 0.6) is 0 Å². The molecular formula is C23H25N3O4. The summed E-state index contributed by atoms with van der Waals surface area (Å²) in [4.78, 5) is 17.5. The van der Waals surface area contributed by atoms with Gasteiger partial charge < -0.3 is 14.4 Å². The Labute approximate surface area is 175 Å². The lowest BCUT2D eigenvalue weighted by Crippen LogP contribution is -2.49. The SMILES string of the molecule is CC(C)OCc1ccc(-c2nc(-c3ccc(CN4CC(C(=O)O)C4)cc3)no2)cc1. The number of ether oxygens (including phenoxy) is 1. The number of hydrogen-bond acceptors (Lipinski definition) is 6. The zero-order valence-electron chi connectivity index (χ0n) is 17.1. The maximum absolute atomic E-state index is 10.9. The maximum atomic E-state index is 10.9. The Morgan fingerprint density at radius 2 is 1.73 bits per heavy atom. The van der Waals surface area contributed by atoms with E-state index in [4.69, 9.17) is 14.4 Å². The minimum absolute atomic E-state index is 0.196. The van der Waals surface area contributed by atoms with Gasteiger partial charge in [0.15, 0.2) is 0 Å². The van der Waals surface area contributed by atoms with E-state index in [0.29, 0.717) is 31.4 Å². The molecule has 1 aliphatic rings. The predicted octanol–water partition coefficient (Wildman–Crippen LogP) is 3.85. The van der Waals surface area contributed by atoms with Gasteiger partial charge in [0.25, 0.3) is 5.89 Å². The number of rotatable bonds is 8. The Bertz CT molecular complexity index is 990. The van der Waals surface area contributed by atoms with E-state index in [2.05, 4.69) is 15.0 Å². The quantitative estimate of drug-likeness (QED) is 0.607. The summed E-state index contributed by atoms with van der Waals surface area (Å²) in [7, 11) is 0. The highest BCUT2D eigenvalue weighted by atomic mass is 16.5. The van der Waals surface area contributed by atoms with E-state index in [9.17, 15) is 4.79 Å². The molecule has 7 nitrogen and oxygen atoms in total. The molecule has 1 aliphatic heterocycles. The van der Waals surface area contributed by atoms with Crippen molar-refractivity contribution in [2.75, 3.05) is 13.1 Å². The first-order valence-electron chi connectivity index (χ1n) is 10.1. The Balaban J connectivity index is 1.37. The average molecular weight is 407 g/mol. The second-order valence-corrected chi connectivity index (χ2v) is 7.91. The molecular weight excluding hydrogens is 382 g/mol. The highest BCUT2D eigenvalue weighted by molar-refractivity contribution is 5.71. The van der Waals surface area contributed by atoms with E-state index in [1.807, 2.05) is 62.4 Å². The number of carbonyl (C=O) groups is 1. The summed E-state index contributed by atoms with van der Waals surface area (Å²) in [5.74, 6) is 0.0659. The van der Waals surface area contributed by atoms with E-state index in [-0.39, 0.29) is 12.0 Å². The number of likely N-dealkylation sites (tertiary alicyclic amines) is 1. The molecule has 0 bridgehead atoms. The molecule has 0 atom stereocenters. The van der Waals surface area contributed by atoms with Gasteiger partial charge in [-0.1, -0.05) is 41.6 Å². The van der Waals surface area contributed by atoms with Gasteiger partial charge in [-0.2, -0.15) is 4.98 Å². The van der Waals surface area contributed by atoms with Crippen molar-refractivity contribution in [2.45, 2.75) is 33.1 Å². The lowest BCUT2D eigenvalue weighted by Gasteiger charge is -2.36. The first-order valence-corrected chi connectivity index (χ1v) is 10.1. The van der Waals surface area contributed by atoms with Crippen LogP contribution in [0.25, 0.3) is 22.8 Å². The first-order chi connectivity index (χ1) is 14.5. The first kappa shape index (κ1) is 20.3. The highest BCUT2D eigenvalue weighted by Gasteiger charge is 2.32. The van der Waals surface area contributed by atoms with Gasteiger partial charge in [-0.05, 0) is 37.1 Å². The minimum Gasteiger partial charge on any atom is -0.481 e. The van der Waals surface area contributed by atoms with Crippen molar-refractivity contribution in [3.63, 3.8) is 0 Å². The van der Waals surface area contributed by atoms with Gasteiger partial charge in [0.1, 0.15) is 0 Å². The lowest BCUT2D eigenvalue weighted by atomic mass is 9.99. The van der Waals surface area contributed by atoms with Crippen molar-refractivity contribution < 1.29 is 19.2 Å². The minimum atomic E-state index is -0.715. The number of carboxylic acid groups (broad SMARTS) is 1. The van der Waals surface area contributed by atoms with Gasteiger partial charge in [-0.15, -0.1) is 0 Å². The van der Waals surface area contributed by atoms with Crippen molar-refractivity contribution in [3.8, 4) is 22.8 Å². The standard InChI is InChI=1S/C23H25N3O4/c1-15(2)29-14-17-5-9-19(10-6-17)22-24-21(25-30-22)18-7-3-16(4-8-18)11-26-12-20(13-26)23(27)28/h3-10,15,20H,11-14H2,1-2H3,(H,27,28). The number of nitrogens with zero attached hydrogens (tertiary/aromatic N) is 3. The third-order valence-corrected chi connectivity index (χ3v) is 5.13. The molecule has 1 saturated heterocycles. The third kappa shape index (κ3) is 4.75. The van der Waals surface area contributed by atoms with Gasteiger partial charge in [0.05, 0.1) is 18.6 Å². The molecule has 30 heavy (non-hydrogen) atoms. The lowest BCUT2D eigenvalue weighted by molar-refractivity contribution is -0.147. The number of carboxylic acids is 1. The fourth-order valence-corrected chi connectivity index (χ4v) is 3.34. The van der Waals surface area contributed by atoms with Crippen LogP contribution in [0.2, 0.25) is 0 Å². The van der Waals surface area contributed by atoms with Gasteiger partial charge in [0, 0.05) is 30.8 Å². The largest absolute Gasteiger partial charge is 0.481 e. The van der Waals surface area contributed by atoms with Gasteiger partial charge >= 0.3 is 5.97 Å². The number of aliphatic carboxylic acids is 1. The second kappa shape index (κ2) is 8.77. The molecule has 3 aromatic rings. The fraction of sp³-hybridized carbons (Fsp3) is 0.348. The molecule has 0 saturated carbocycles. The molecule has 2 aromatic carbocycles. The van der Waals surface area contributed by atoms with Crippen LogP contribution < -0.4 is 0 Å². The van der Waals surface area contributed by atoms with Crippen LogP contribution >= 0.6 is 0 Å². The summed E-state index contributed by atoms with van der Waals surface area (Å²) in [6.07, 6.45) is 0.196. The summed E-state index contributed by atoms with van der Waals surface area (Å²) in [5.41, 5.74) is 3.97. The van der Waals surface area contributed by atoms with Crippen molar-refractivity contribution in [1.29, 1.82) is 0 Å². The van der Waals surface area contributed by atoms with Crippen LogP contribution in [-0.2, 0) is 22.7 Å². The molecule has 1 fully saturated rings. The van der Waals surface area contributed by atoms with E-state index in [0.717, 1.165) is 28.8 Å². The fourth-order valence-electron chi connectivity index (χ4n) is 3.34. The molecule has 0 radical (unpaired) electrons. The Hall–Kier alpha value is -3.03. The normalized spacial score (nSPS) is 14.8. The second-order valence-electron chi connectivity index (χ2n) is 7.91. The van der Waals surface area contributed by atoms with Crippen LogP contribution in [0, 0.1) is 5.92 Å². The van der Waals surface area contributed by atoms with E-state index >= 15 is 0 Å². The summed E-state index contributed by atoms with van der Waals surface area (Å²) in [6.45, 7) is 6.56. The van der Waals surface area contributed by atoms with Gasteiger partial charge in [-0.3, -0.25) is 9.69 Å². The van der Waals surface area contributed by atoms with E-state index in [1.54, 1.807) is 0 Å². The third-order valence-electron chi connectivity index (χ3n) is 5.13.